The van der Waals surface area contributed by atoms with Gasteiger partial charge < -0.3 is 20.1 Å². The Morgan fingerprint density at radius 3 is 2.64 bits per heavy atom. The quantitative estimate of drug-likeness (QED) is 0.531. The molecule has 1 atom stereocenters. The number of carbonyl (C=O) groups is 2. The fourth-order valence-corrected chi connectivity index (χ4v) is 3.78. The molecule has 0 saturated heterocycles. The molecule has 0 fully saturated rings. The lowest BCUT2D eigenvalue weighted by atomic mass is 10.0. The Morgan fingerprint density at radius 2 is 1.93 bits per heavy atom. The van der Waals surface area contributed by atoms with E-state index in [0.717, 1.165) is 5.56 Å². The predicted molar refractivity (Wildman–Crippen MR) is 111 cm³/mol. The molecule has 6 nitrogen and oxygen atoms in total. The molecule has 3 rings (SSSR count). The number of hydrogen-bond acceptors (Lipinski definition) is 6. The third-order valence-electron chi connectivity index (χ3n) is 4.17. The molecule has 0 aliphatic carbocycles. The van der Waals surface area contributed by atoms with Crippen LogP contribution in [-0.2, 0) is 20.7 Å². The van der Waals surface area contributed by atoms with Crippen molar-refractivity contribution < 1.29 is 19.1 Å². The van der Waals surface area contributed by atoms with Gasteiger partial charge in [-0.2, -0.15) is 11.3 Å². The Balaban J connectivity index is 1.62. The van der Waals surface area contributed by atoms with Crippen LogP contribution in [0.1, 0.15) is 22.8 Å². The highest BCUT2D eigenvalue weighted by molar-refractivity contribution is 7.80. The van der Waals surface area contributed by atoms with Crippen LogP contribution in [0.2, 0.25) is 0 Å². The van der Waals surface area contributed by atoms with Crippen molar-refractivity contribution in [1.29, 1.82) is 0 Å². The average Bonchev–Trinajstić information content (AvgIpc) is 3.19. The average molecular weight is 417 g/mol. The van der Waals surface area contributed by atoms with Crippen LogP contribution < -0.4 is 10.6 Å². The zero-order valence-electron chi connectivity index (χ0n) is 15.3. The second kappa shape index (κ2) is 9.48. The molecule has 0 bridgehead atoms. The number of carbonyl (C=O) groups excluding carboxylic acids is 2. The number of ether oxygens (including phenoxy) is 2. The van der Waals surface area contributed by atoms with Crippen LogP contribution in [0.5, 0.6) is 0 Å². The van der Waals surface area contributed by atoms with Crippen molar-refractivity contribution in [3.8, 4) is 0 Å². The number of nitrogens with one attached hydrogen (secondary N) is 2. The van der Waals surface area contributed by atoms with E-state index in [4.69, 9.17) is 21.7 Å². The van der Waals surface area contributed by atoms with Gasteiger partial charge in [-0.05, 0) is 53.7 Å². The molecule has 1 unspecified atom stereocenters. The molecule has 1 aliphatic heterocycles. The smallest absolute Gasteiger partial charge is 0.338 e. The molecular formula is C20H20N2O4S2. The van der Waals surface area contributed by atoms with E-state index in [0.29, 0.717) is 28.4 Å². The maximum atomic E-state index is 12.6. The minimum absolute atomic E-state index is 0.0398. The summed E-state index contributed by atoms with van der Waals surface area (Å²) >= 11 is 6.77. The van der Waals surface area contributed by atoms with Crippen molar-refractivity contribution >= 4 is 40.6 Å². The minimum Gasteiger partial charge on any atom is -0.462 e. The second-order valence-electron chi connectivity index (χ2n) is 6.17. The Kier molecular flexibility index (Phi) is 6.78. The molecule has 2 aromatic rings. The summed E-state index contributed by atoms with van der Waals surface area (Å²) in [7, 11) is 0. The number of thiocarbonyl (C=S) groups is 1. The number of benzene rings is 1. The van der Waals surface area contributed by atoms with Crippen molar-refractivity contribution in [3.63, 3.8) is 0 Å². The van der Waals surface area contributed by atoms with Crippen molar-refractivity contribution in [1.82, 2.24) is 10.6 Å². The van der Waals surface area contributed by atoms with Crippen molar-refractivity contribution in [2.75, 3.05) is 13.2 Å². The van der Waals surface area contributed by atoms with Gasteiger partial charge in [-0.15, -0.1) is 0 Å². The van der Waals surface area contributed by atoms with E-state index in [1.54, 1.807) is 42.5 Å². The van der Waals surface area contributed by atoms with Crippen LogP contribution in [0, 0.1) is 0 Å². The zero-order valence-corrected chi connectivity index (χ0v) is 16.9. The van der Waals surface area contributed by atoms with E-state index in [1.807, 2.05) is 22.9 Å². The van der Waals surface area contributed by atoms with Crippen LogP contribution in [-0.4, -0.2) is 36.3 Å². The summed E-state index contributed by atoms with van der Waals surface area (Å²) in [4.78, 5) is 24.8. The molecule has 2 N–H and O–H groups in total. The van der Waals surface area contributed by atoms with Gasteiger partial charge in [0.05, 0.1) is 23.8 Å². The first-order chi connectivity index (χ1) is 13.5. The molecule has 8 heteroatoms. The summed E-state index contributed by atoms with van der Waals surface area (Å²) in [5.41, 5.74) is 2.53. The summed E-state index contributed by atoms with van der Waals surface area (Å²) in [6, 6.07) is 10.1. The first-order valence-corrected chi connectivity index (χ1v) is 10.1. The lowest BCUT2D eigenvalue weighted by Gasteiger charge is -2.29. The summed E-state index contributed by atoms with van der Waals surface area (Å²) in [6.07, 6.45) is 0.647. The molecule has 2 heterocycles. The fourth-order valence-electron chi connectivity index (χ4n) is 2.78. The van der Waals surface area contributed by atoms with Crippen molar-refractivity contribution in [2.24, 2.45) is 0 Å². The highest BCUT2D eigenvalue weighted by atomic mass is 32.1. The second-order valence-corrected chi connectivity index (χ2v) is 7.36. The lowest BCUT2D eigenvalue weighted by Crippen LogP contribution is -2.52. The molecule has 1 aromatic carbocycles. The maximum absolute atomic E-state index is 12.6. The standard InChI is InChI=1S/C20H20N2O4S2/c1-13-17(19(24)25-9-7-14-8-10-28-12-14)16(22-20(27)21-13)11-26-18(23)15-5-3-2-4-6-15/h2-6,8,10,12,16H,7,9,11H2,1H3,(H2,21,22,27). The molecular weight excluding hydrogens is 396 g/mol. The van der Waals surface area contributed by atoms with Crippen LogP contribution in [0.4, 0.5) is 0 Å². The molecule has 28 heavy (non-hydrogen) atoms. The van der Waals surface area contributed by atoms with E-state index in [9.17, 15) is 9.59 Å². The van der Waals surface area contributed by atoms with Crippen LogP contribution >= 0.6 is 23.6 Å². The van der Waals surface area contributed by atoms with E-state index >= 15 is 0 Å². The monoisotopic (exact) mass is 416 g/mol. The molecule has 1 aliphatic rings. The largest absolute Gasteiger partial charge is 0.462 e. The molecule has 0 amide bonds. The van der Waals surface area contributed by atoms with E-state index in [1.165, 1.54) is 0 Å². The van der Waals surface area contributed by atoms with E-state index in [-0.39, 0.29) is 13.2 Å². The molecule has 1 aromatic heterocycles. The normalized spacial score (nSPS) is 16.2. The molecule has 0 spiro atoms. The number of allylic oxidation sites excluding steroid dienone is 1. The number of esters is 2. The highest BCUT2D eigenvalue weighted by Gasteiger charge is 2.30. The van der Waals surface area contributed by atoms with Gasteiger partial charge in [0.1, 0.15) is 6.61 Å². The predicted octanol–water partition coefficient (Wildman–Crippen LogP) is 2.81. The van der Waals surface area contributed by atoms with Gasteiger partial charge in [0.25, 0.3) is 0 Å². The van der Waals surface area contributed by atoms with Gasteiger partial charge in [0, 0.05) is 12.1 Å². The molecule has 146 valence electrons. The van der Waals surface area contributed by atoms with Gasteiger partial charge in [-0.3, -0.25) is 0 Å². The Bertz CT molecular complexity index is 879. The Hall–Kier alpha value is -2.71. The number of hydrogen-bond donors (Lipinski definition) is 2. The highest BCUT2D eigenvalue weighted by Crippen LogP contribution is 2.16. The van der Waals surface area contributed by atoms with Crippen molar-refractivity contribution in [3.05, 3.63) is 69.6 Å². The SMILES string of the molecule is CC1=C(C(=O)OCCc2ccsc2)C(COC(=O)c2ccccc2)NC(=S)N1. The summed E-state index contributed by atoms with van der Waals surface area (Å²) < 4.78 is 10.8. The first-order valence-electron chi connectivity index (χ1n) is 8.73. The molecule has 0 radical (unpaired) electrons. The fraction of sp³-hybridized carbons (Fsp3) is 0.250. The third-order valence-corrected chi connectivity index (χ3v) is 5.13. The zero-order chi connectivity index (χ0) is 19.9. The first kappa shape index (κ1) is 20.0. The van der Waals surface area contributed by atoms with Crippen LogP contribution in [0.3, 0.4) is 0 Å². The van der Waals surface area contributed by atoms with Gasteiger partial charge in [0.2, 0.25) is 0 Å². The lowest BCUT2D eigenvalue weighted by molar-refractivity contribution is -0.139. The molecule has 0 saturated carbocycles. The van der Waals surface area contributed by atoms with Gasteiger partial charge in [-0.25, -0.2) is 9.59 Å². The van der Waals surface area contributed by atoms with Crippen LogP contribution in [0.25, 0.3) is 0 Å². The summed E-state index contributed by atoms with van der Waals surface area (Å²) in [6.45, 7) is 1.98. The van der Waals surface area contributed by atoms with Gasteiger partial charge in [0.15, 0.2) is 5.11 Å². The maximum Gasteiger partial charge on any atom is 0.338 e. The Morgan fingerprint density at radius 1 is 1.14 bits per heavy atom. The van der Waals surface area contributed by atoms with Gasteiger partial charge in [-0.1, -0.05) is 18.2 Å². The van der Waals surface area contributed by atoms with Crippen molar-refractivity contribution in [2.45, 2.75) is 19.4 Å². The topological polar surface area (TPSA) is 76.7 Å². The van der Waals surface area contributed by atoms with Crippen LogP contribution in [0.15, 0.2) is 58.4 Å². The summed E-state index contributed by atoms with van der Waals surface area (Å²) in [5.74, 6) is -0.925. The van der Waals surface area contributed by atoms with Gasteiger partial charge >= 0.3 is 11.9 Å². The number of thiophene rings is 1. The van der Waals surface area contributed by atoms with E-state index in [2.05, 4.69) is 10.6 Å². The Labute approximate surface area is 172 Å². The van der Waals surface area contributed by atoms with E-state index < -0.39 is 18.0 Å². The number of rotatable bonds is 7. The minimum atomic E-state index is -0.574. The third kappa shape index (κ3) is 5.17. The summed E-state index contributed by atoms with van der Waals surface area (Å²) in [5, 5.41) is 10.3.